The maximum absolute atomic E-state index is 12.1. The van der Waals surface area contributed by atoms with Crippen molar-refractivity contribution in [1.29, 1.82) is 0 Å². The number of rotatable bonds is 6. The van der Waals surface area contributed by atoms with E-state index in [9.17, 15) is 9.59 Å². The molecule has 0 aliphatic heterocycles. The van der Waals surface area contributed by atoms with Crippen LogP contribution in [-0.4, -0.2) is 25.8 Å². The Labute approximate surface area is 130 Å². The van der Waals surface area contributed by atoms with Crippen LogP contribution in [0.5, 0.6) is 0 Å². The molecule has 1 aliphatic carbocycles. The summed E-state index contributed by atoms with van der Waals surface area (Å²) < 4.78 is 15.0. The van der Waals surface area contributed by atoms with Gasteiger partial charge < -0.3 is 14.2 Å². The fraction of sp³-hybridized carbons (Fsp3) is 0.529. The molecule has 1 aromatic rings. The summed E-state index contributed by atoms with van der Waals surface area (Å²) in [7, 11) is 1.48. The second-order valence-corrected chi connectivity index (χ2v) is 5.51. The monoisotopic (exact) mass is 306 g/mol. The Balaban J connectivity index is 1.72. The second-order valence-electron chi connectivity index (χ2n) is 5.51. The van der Waals surface area contributed by atoms with Crippen molar-refractivity contribution in [2.24, 2.45) is 11.8 Å². The van der Waals surface area contributed by atoms with E-state index in [1.807, 2.05) is 30.3 Å². The molecule has 0 heterocycles. The van der Waals surface area contributed by atoms with Crippen molar-refractivity contribution in [1.82, 2.24) is 0 Å². The molecule has 120 valence electrons. The molecule has 1 aliphatic rings. The van der Waals surface area contributed by atoms with E-state index < -0.39 is 0 Å². The number of benzene rings is 1. The third-order valence-corrected chi connectivity index (χ3v) is 3.94. The number of ether oxygens (including phenoxy) is 3. The first-order valence-corrected chi connectivity index (χ1v) is 7.57. The number of carbonyl (C=O) groups is 2. The number of methoxy groups -OCH3 is 1. The third kappa shape index (κ3) is 4.84. The van der Waals surface area contributed by atoms with Gasteiger partial charge in [0.25, 0.3) is 0 Å². The topological polar surface area (TPSA) is 61.8 Å². The molecule has 0 aromatic heterocycles. The van der Waals surface area contributed by atoms with Crippen molar-refractivity contribution in [3.63, 3.8) is 0 Å². The first-order chi connectivity index (χ1) is 10.7. The van der Waals surface area contributed by atoms with Crippen LogP contribution in [0.3, 0.4) is 0 Å². The van der Waals surface area contributed by atoms with E-state index in [1.165, 1.54) is 7.11 Å². The summed E-state index contributed by atoms with van der Waals surface area (Å²) in [6.45, 7) is 0.285. The molecule has 0 atom stereocenters. The Kier molecular flexibility index (Phi) is 6.40. The highest BCUT2D eigenvalue weighted by molar-refractivity contribution is 5.75. The van der Waals surface area contributed by atoms with E-state index >= 15 is 0 Å². The van der Waals surface area contributed by atoms with Crippen LogP contribution in [0.15, 0.2) is 30.3 Å². The van der Waals surface area contributed by atoms with Crippen LogP contribution in [0.25, 0.3) is 0 Å². The van der Waals surface area contributed by atoms with Gasteiger partial charge in [0.1, 0.15) is 6.61 Å². The summed E-state index contributed by atoms with van der Waals surface area (Å²) in [5, 5.41) is 0. The van der Waals surface area contributed by atoms with Gasteiger partial charge in [-0.25, -0.2) is 0 Å². The lowest BCUT2D eigenvalue weighted by atomic mass is 9.82. The lowest BCUT2D eigenvalue weighted by Gasteiger charge is -2.25. The lowest BCUT2D eigenvalue weighted by Crippen LogP contribution is -2.28. The highest BCUT2D eigenvalue weighted by Crippen LogP contribution is 2.30. The summed E-state index contributed by atoms with van der Waals surface area (Å²) in [5.41, 5.74) is 0.979. The van der Waals surface area contributed by atoms with Gasteiger partial charge in [-0.3, -0.25) is 9.59 Å². The molecular formula is C17H22O5. The molecule has 2 rings (SSSR count). The number of hydrogen-bond acceptors (Lipinski definition) is 5. The normalized spacial score (nSPS) is 21.1. The fourth-order valence-corrected chi connectivity index (χ4v) is 2.65. The minimum Gasteiger partial charge on any atom is -0.461 e. The largest absolute Gasteiger partial charge is 0.461 e. The van der Waals surface area contributed by atoms with Crippen molar-refractivity contribution < 1.29 is 23.8 Å². The van der Waals surface area contributed by atoms with Gasteiger partial charge in [0, 0.05) is 7.11 Å². The van der Waals surface area contributed by atoms with Crippen LogP contribution < -0.4 is 0 Å². The van der Waals surface area contributed by atoms with Gasteiger partial charge in [0.15, 0.2) is 6.79 Å². The highest BCUT2D eigenvalue weighted by atomic mass is 16.7. The zero-order valence-corrected chi connectivity index (χ0v) is 12.8. The molecule has 1 fully saturated rings. The molecule has 0 radical (unpaired) electrons. The summed E-state index contributed by atoms with van der Waals surface area (Å²) in [5.74, 6) is -0.658. The van der Waals surface area contributed by atoms with Crippen molar-refractivity contribution in [2.75, 3.05) is 13.9 Å². The van der Waals surface area contributed by atoms with Crippen molar-refractivity contribution in [2.45, 2.75) is 32.3 Å². The first kappa shape index (κ1) is 16.5. The fourth-order valence-electron chi connectivity index (χ4n) is 2.65. The Morgan fingerprint density at radius 1 is 0.955 bits per heavy atom. The predicted octanol–water partition coefficient (Wildman–Crippen LogP) is 2.68. The summed E-state index contributed by atoms with van der Waals surface area (Å²) >= 11 is 0. The van der Waals surface area contributed by atoms with Crippen LogP contribution in [-0.2, 0) is 30.4 Å². The molecule has 0 unspecified atom stereocenters. The SMILES string of the molecule is COCOC(=O)C1CCC(C(=O)OCc2ccccc2)CC1. The molecular weight excluding hydrogens is 284 g/mol. The first-order valence-electron chi connectivity index (χ1n) is 7.57. The maximum Gasteiger partial charge on any atom is 0.311 e. The summed E-state index contributed by atoms with van der Waals surface area (Å²) in [6.07, 6.45) is 2.65. The zero-order chi connectivity index (χ0) is 15.8. The highest BCUT2D eigenvalue weighted by Gasteiger charge is 2.31. The van der Waals surface area contributed by atoms with Gasteiger partial charge in [0.05, 0.1) is 11.8 Å². The molecule has 1 saturated carbocycles. The minimum absolute atomic E-state index is 0.0160. The zero-order valence-electron chi connectivity index (χ0n) is 12.8. The van der Waals surface area contributed by atoms with Crippen molar-refractivity contribution in [3.05, 3.63) is 35.9 Å². The Morgan fingerprint density at radius 3 is 2.05 bits per heavy atom. The van der Waals surface area contributed by atoms with Crippen LogP contribution in [0, 0.1) is 11.8 Å². The molecule has 1 aromatic carbocycles. The van der Waals surface area contributed by atoms with Gasteiger partial charge in [-0.1, -0.05) is 30.3 Å². The number of carbonyl (C=O) groups excluding carboxylic acids is 2. The van der Waals surface area contributed by atoms with E-state index in [1.54, 1.807) is 0 Å². The average molecular weight is 306 g/mol. The van der Waals surface area contributed by atoms with Gasteiger partial charge >= 0.3 is 11.9 Å². The molecule has 5 heteroatoms. The molecule has 0 amide bonds. The minimum atomic E-state index is -0.238. The quantitative estimate of drug-likeness (QED) is 0.597. The van der Waals surface area contributed by atoms with E-state index in [2.05, 4.69) is 0 Å². The molecule has 0 N–H and O–H groups in total. The van der Waals surface area contributed by atoms with Crippen LogP contribution in [0.1, 0.15) is 31.2 Å². The van der Waals surface area contributed by atoms with Gasteiger partial charge in [0.2, 0.25) is 0 Å². The van der Waals surface area contributed by atoms with E-state index in [4.69, 9.17) is 14.2 Å². The molecule has 5 nitrogen and oxygen atoms in total. The number of esters is 2. The average Bonchev–Trinajstić information content (AvgIpc) is 2.58. The predicted molar refractivity (Wildman–Crippen MR) is 79.7 cm³/mol. The van der Waals surface area contributed by atoms with Crippen molar-refractivity contribution in [3.8, 4) is 0 Å². The van der Waals surface area contributed by atoms with E-state index in [0.717, 1.165) is 5.56 Å². The lowest BCUT2D eigenvalue weighted by molar-refractivity contribution is -0.162. The van der Waals surface area contributed by atoms with Crippen molar-refractivity contribution >= 4 is 11.9 Å². The van der Waals surface area contributed by atoms with Crippen LogP contribution in [0.2, 0.25) is 0 Å². The van der Waals surface area contributed by atoms with Gasteiger partial charge in [-0.2, -0.15) is 0 Å². The maximum atomic E-state index is 12.1. The standard InChI is InChI=1S/C17H22O5/c1-20-12-22-17(19)15-9-7-14(8-10-15)16(18)21-11-13-5-3-2-4-6-13/h2-6,14-15H,7-12H2,1H3. The third-order valence-electron chi connectivity index (χ3n) is 3.94. The second kappa shape index (κ2) is 8.54. The summed E-state index contributed by atoms with van der Waals surface area (Å²) in [4.78, 5) is 23.8. The van der Waals surface area contributed by atoms with Crippen LogP contribution >= 0.6 is 0 Å². The van der Waals surface area contributed by atoms with E-state index in [0.29, 0.717) is 32.3 Å². The van der Waals surface area contributed by atoms with Gasteiger partial charge in [-0.15, -0.1) is 0 Å². The van der Waals surface area contributed by atoms with Crippen LogP contribution in [0.4, 0.5) is 0 Å². The molecule has 0 spiro atoms. The van der Waals surface area contributed by atoms with E-state index in [-0.39, 0.29) is 30.6 Å². The Bertz CT molecular complexity index is 477. The molecule has 22 heavy (non-hydrogen) atoms. The summed E-state index contributed by atoms with van der Waals surface area (Å²) in [6, 6.07) is 9.61. The number of hydrogen-bond donors (Lipinski definition) is 0. The van der Waals surface area contributed by atoms with Gasteiger partial charge in [-0.05, 0) is 31.2 Å². The smallest absolute Gasteiger partial charge is 0.311 e. The Morgan fingerprint density at radius 2 is 1.50 bits per heavy atom. The molecule has 0 bridgehead atoms. The Hall–Kier alpha value is -1.88. The molecule has 0 saturated heterocycles.